The van der Waals surface area contributed by atoms with E-state index in [0.29, 0.717) is 17.0 Å². The van der Waals surface area contributed by atoms with Gasteiger partial charge in [-0.1, -0.05) is 6.07 Å². The number of nitrogen functional groups attached to an aromatic ring is 1. The van der Waals surface area contributed by atoms with E-state index in [4.69, 9.17) is 10.5 Å². The first-order valence-corrected chi connectivity index (χ1v) is 3.71. The molecule has 0 amide bonds. The van der Waals surface area contributed by atoms with Gasteiger partial charge in [-0.3, -0.25) is 0 Å². The van der Waals surface area contributed by atoms with Gasteiger partial charge in [-0.2, -0.15) is 0 Å². The van der Waals surface area contributed by atoms with Crippen LogP contribution in [0.3, 0.4) is 0 Å². The summed E-state index contributed by atoms with van der Waals surface area (Å²) in [6.07, 6.45) is 0. The second-order valence-electron chi connectivity index (χ2n) is 2.41. The van der Waals surface area contributed by atoms with Crippen molar-refractivity contribution in [3.05, 3.63) is 23.8 Å². The zero-order valence-corrected chi connectivity index (χ0v) is 7.53. The number of hydrogen-bond acceptors (Lipinski definition) is 4. The Morgan fingerprint density at radius 3 is 2.62 bits per heavy atom. The number of para-hydroxylation sites is 1. The van der Waals surface area contributed by atoms with Crippen molar-refractivity contribution in [2.24, 2.45) is 0 Å². The molecule has 0 aromatic heterocycles. The Hall–Kier alpha value is -1.71. The number of rotatable bonds is 2. The number of methoxy groups -OCH3 is 2. The molecule has 0 radical (unpaired) electrons. The third-order valence-electron chi connectivity index (χ3n) is 1.69. The van der Waals surface area contributed by atoms with E-state index in [9.17, 15) is 4.79 Å². The van der Waals surface area contributed by atoms with Crippen molar-refractivity contribution in [3.63, 3.8) is 0 Å². The van der Waals surface area contributed by atoms with E-state index < -0.39 is 5.97 Å². The van der Waals surface area contributed by atoms with E-state index in [-0.39, 0.29) is 0 Å². The van der Waals surface area contributed by atoms with Crippen LogP contribution in [0, 0.1) is 0 Å². The van der Waals surface area contributed by atoms with Crippen molar-refractivity contribution >= 4 is 11.7 Å². The van der Waals surface area contributed by atoms with Gasteiger partial charge in [0, 0.05) is 0 Å². The van der Waals surface area contributed by atoms with Crippen LogP contribution in [-0.2, 0) is 4.74 Å². The maximum Gasteiger partial charge on any atom is 0.340 e. The lowest BCUT2D eigenvalue weighted by Gasteiger charge is -2.07. The van der Waals surface area contributed by atoms with Crippen LogP contribution in [0.5, 0.6) is 5.75 Å². The maximum atomic E-state index is 11.1. The minimum Gasteiger partial charge on any atom is -0.495 e. The summed E-state index contributed by atoms with van der Waals surface area (Å²) in [5, 5.41) is 0. The lowest BCUT2D eigenvalue weighted by molar-refractivity contribution is 0.0601. The van der Waals surface area contributed by atoms with Gasteiger partial charge in [0.05, 0.1) is 25.5 Å². The average Bonchev–Trinajstić information content (AvgIpc) is 2.17. The van der Waals surface area contributed by atoms with Crippen LogP contribution in [0.25, 0.3) is 0 Å². The van der Waals surface area contributed by atoms with Crippen LogP contribution in [0.15, 0.2) is 18.2 Å². The van der Waals surface area contributed by atoms with Gasteiger partial charge < -0.3 is 15.2 Å². The molecule has 1 aromatic rings. The lowest BCUT2D eigenvalue weighted by atomic mass is 10.1. The number of nitrogens with two attached hydrogens (primary N) is 1. The monoisotopic (exact) mass is 181 g/mol. The van der Waals surface area contributed by atoms with Crippen molar-refractivity contribution < 1.29 is 14.3 Å². The first kappa shape index (κ1) is 9.38. The molecular formula is C9H11NO3. The smallest absolute Gasteiger partial charge is 0.340 e. The van der Waals surface area contributed by atoms with Crippen molar-refractivity contribution in [1.82, 2.24) is 0 Å². The highest BCUT2D eigenvalue weighted by atomic mass is 16.5. The Bertz CT molecular complexity index is 323. The summed E-state index contributed by atoms with van der Waals surface area (Å²) in [5.74, 6) is 0.0132. The summed E-state index contributed by atoms with van der Waals surface area (Å²) in [7, 11) is 2.80. The summed E-state index contributed by atoms with van der Waals surface area (Å²) < 4.78 is 9.49. The summed E-state index contributed by atoms with van der Waals surface area (Å²) in [6.45, 7) is 0. The Labute approximate surface area is 76.3 Å². The lowest BCUT2D eigenvalue weighted by Crippen LogP contribution is -2.06. The molecule has 0 heterocycles. The fourth-order valence-corrected chi connectivity index (χ4v) is 1.01. The molecule has 1 rings (SSSR count). The predicted molar refractivity (Wildman–Crippen MR) is 48.7 cm³/mol. The summed E-state index contributed by atoms with van der Waals surface area (Å²) in [5.41, 5.74) is 6.27. The fourth-order valence-electron chi connectivity index (χ4n) is 1.01. The van der Waals surface area contributed by atoms with Crippen LogP contribution in [0.1, 0.15) is 10.4 Å². The molecule has 0 atom stereocenters. The molecule has 0 aliphatic heterocycles. The summed E-state index contributed by atoms with van der Waals surface area (Å²) in [6, 6.07) is 4.95. The molecule has 0 saturated heterocycles. The van der Waals surface area contributed by atoms with Crippen molar-refractivity contribution in [2.45, 2.75) is 0 Å². The van der Waals surface area contributed by atoms with Gasteiger partial charge in [-0.05, 0) is 12.1 Å². The molecule has 0 aliphatic carbocycles. The average molecular weight is 181 g/mol. The van der Waals surface area contributed by atoms with Crippen molar-refractivity contribution in [1.29, 1.82) is 0 Å². The van der Waals surface area contributed by atoms with Gasteiger partial charge in [0.2, 0.25) is 0 Å². The molecule has 0 saturated carbocycles. The first-order chi connectivity index (χ1) is 6.20. The molecule has 13 heavy (non-hydrogen) atoms. The SMILES string of the molecule is COC(=O)c1cccc(OC)c1N. The normalized spacial score (nSPS) is 9.38. The Morgan fingerprint density at radius 2 is 2.08 bits per heavy atom. The van der Waals surface area contributed by atoms with E-state index in [1.54, 1.807) is 18.2 Å². The van der Waals surface area contributed by atoms with Crippen molar-refractivity contribution in [3.8, 4) is 5.75 Å². The van der Waals surface area contributed by atoms with Crippen LogP contribution in [0.2, 0.25) is 0 Å². The van der Waals surface area contributed by atoms with Gasteiger partial charge in [-0.15, -0.1) is 0 Å². The van der Waals surface area contributed by atoms with E-state index in [0.717, 1.165) is 0 Å². The third-order valence-corrected chi connectivity index (χ3v) is 1.69. The molecule has 0 unspecified atom stereocenters. The van der Waals surface area contributed by atoms with Crippen molar-refractivity contribution in [2.75, 3.05) is 20.0 Å². The number of hydrogen-bond donors (Lipinski definition) is 1. The third kappa shape index (κ3) is 1.72. The number of anilines is 1. The van der Waals surface area contributed by atoms with Crippen LogP contribution < -0.4 is 10.5 Å². The minimum atomic E-state index is -0.462. The Kier molecular flexibility index (Phi) is 2.74. The predicted octanol–water partition coefficient (Wildman–Crippen LogP) is 1.06. The van der Waals surface area contributed by atoms with Gasteiger partial charge in [0.25, 0.3) is 0 Å². The van der Waals surface area contributed by atoms with Gasteiger partial charge >= 0.3 is 5.97 Å². The summed E-state index contributed by atoms with van der Waals surface area (Å²) in [4.78, 5) is 11.1. The van der Waals surface area contributed by atoms with Crippen LogP contribution in [0.4, 0.5) is 5.69 Å². The van der Waals surface area contributed by atoms with Crippen LogP contribution in [-0.4, -0.2) is 20.2 Å². The van der Waals surface area contributed by atoms with E-state index in [1.807, 2.05) is 0 Å². The van der Waals surface area contributed by atoms with Gasteiger partial charge in [-0.25, -0.2) is 4.79 Å². The largest absolute Gasteiger partial charge is 0.495 e. The summed E-state index contributed by atoms with van der Waals surface area (Å²) >= 11 is 0. The number of ether oxygens (including phenoxy) is 2. The maximum absolute atomic E-state index is 11.1. The zero-order chi connectivity index (χ0) is 9.84. The minimum absolute atomic E-state index is 0.303. The highest BCUT2D eigenvalue weighted by molar-refractivity contribution is 5.96. The number of benzene rings is 1. The Morgan fingerprint density at radius 1 is 1.38 bits per heavy atom. The molecular weight excluding hydrogens is 170 g/mol. The molecule has 4 nitrogen and oxygen atoms in total. The van der Waals surface area contributed by atoms with Gasteiger partial charge in [0.1, 0.15) is 5.75 Å². The zero-order valence-electron chi connectivity index (χ0n) is 7.53. The van der Waals surface area contributed by atoms with E-state index in [1.165, 1.54) is 14.2 Å². The quantitative estimate of drug-likeness (QED) is 0.547. The second kappa shape index (κ2) is 3.80. The molecule has 4 heteroatoms. The number of esters is 1. The fraction of sp³-hybridized carbons (Fsp3) is 0.222. The molecule has 0 spiro atoms. The van der Waals surface area contributed by atoms with Gasteiger partial charge in [0.15, 0.2) is 0 Å². The molecule has 0 fully saturated rings. The molecule has 0 bridgehead atoms. The number of carbonyl (C=O) groups is 1. The van der Waals surface area contributed by atoms with E-state index >= 15 is 0 Å². The standard InChI is InChI=1S/C9H11NO3/c1-12-7-5-3-4-6(8(7)10)9(11)13-2/h3-5H,10H2,1-2H3. The van der Waals surface area contributed by atoms with Crippen LogP contribution >= 0.6 is 0 Å². The Balaban J connectivity index is 3.15. The second-order valence-corrected chi connectivity index (χ2v) is 2.41. The molecule has 1 aromatic carbocycles. The molecule has 2 N–H and O–H groups in total. The van der Waals surface area contributed by atoms with E-state index in [2.05, 4.69) is 4.74 Å². The highest BCUT2D eigenvalue weighted by Gasteiger charge is 2.12. The first-order valence-electron chi connectivity index (χ1n) is 3.71. The molecule has 0 aliphatic rings. The topological polar surface area (TPSA) is 61.5 Å². The molecule has 70 valence electrons. The number of carbonyl (C=O) groups excluding carboxylic acids is 1. The highest BCUT2D eigenvalue weighted by Crippen LogP contribution is 2.24.